The van der Waals surface area contributed by atoms with Gasteiger partial charge in [0.05, 0.1) is 17.8 Å². The Morgan fingerprint density at radius 1 is 0.966 bits per heavy atom. The lowest BCUT2D eigenvalue weighted by molar-refractivity contribution is 0.102. The van der Waals surface area contributed by atoms with Crippen LogP contribution in [0.25, 0.3) is 0 Å². The average molecular weight is 451 g/mol. The first kappa shape index (κ1) is 21.0. The third-order valence-corrected chi connectivity index (χ3v) is 6.04. The molecule has 29 heavy (non-hydrogen) atoms. The van der Waals surface area contributed by atoms with Gasteiger partial charge in [-0.05, 0) is 54.6 Å². The fraction of sp³-hybridized carbons (Fsp3) is 0.0500. The van der Waals surface area contributed by atoms with E-state index in [0.29, 0.717) is 16.5 Å². The van der Waals surface area contributed by atoms with Gasteiger partial charge in [-0.2, -0.15) is 0 Å². The molecule has 0 aromatic heterocycles. The van der Waals surface area contributed by atoms with Crippen LogP contribution in [0.1, 0.15) is 10.4 Å². The van der Waals surface area contributed by atoms with Gasteiger partial charge in [0.25, 0.3) is 15.9 Å². The Morgan fingerprint density at radius 3 is 2.34 bits per heavy atom. The zero-order valence-corrected chi connectivity index (χ0v) is 17.5. The van der Waals surface area contributed by atoms with E-state index < -0.39 is 15.9 Å². The Labute approximate surface area is 178 Å². The molecule has 9 heteroatoms. The van der Waals surface area contributed by atoms with Gasteiger partial charge in [-0.25, -0.2) is 8.42 Å². The van der Waals surface area contributed by atoms with Gasteiger partial charge in [-0.1, -0.05) is 35.3 Å². The van der Waals surface area contributed by atoms with Gasteiger partial charge in [0, 0.05) is 16.3 Å². The summed E-state index contributed by atoms with van der Waals surface area (Å²) in [5, 5.41) is 3.19. The largest absolute Gasteiger partial charge is 0.495 e. The van der Waals surface area contributed by atoms with E-state index in [1.54, 1.807) is 48.5 Å². The van der Waals surface area contributed by atoms with Crippen LogP contribution in [-0.2, 0) is 10.0 Å². The maximum Gasteiger partial charge on any atom is 0.263 e. The minimum atomic E-state index is -4.07. The van der Waals surface area contributed by atoms with Crippen molar-refractivity contribution in [3.8, 4) is 5.75 Å². The SMILES string of the molecule is COc1ccccc1NS(=O)(=O)c1cc(C(=O)Nc2ccc(Cl)cc2)ccc1Cl. The van der Waals surface area contributed by atoms with E-state index in [2.05, 4.69) is 10.0 Å². The molecule has 0 fully saturated rings. The van der Waals surface area contributed by atoms with Crippen LogP contribution in [0.3, 0.4) is 0 Å². The highest BCUT2D eigenvalue weighted by molar-refractivity contribution is 7.92. The Kier molecular flexibility index (Phi) is 6.32. The molecule has 3 aromatic carbocycles. The lowest BCUT2D eigenvalue weighted by Crippen LogP contribution is -2.17. The molecule has 0 spiro atoms. The van der Waals surface area contributed by atoms with Crippen LogP contribution in [-0.4, -0.2) is 21.4 Å². The van der Waals surface area contributed by atoms with Gasteiger partial charge >= 0.3 is 0 Å². The van der Waals surface area contributed by atoms with Crippen LogP contribution in [0.2, 0.25) is 10.0 Å². The summed E-state index contributed by atoms with van der Waals surface area (Å²) in [6.07, 6.45) is 0. The van der Waals surface area contributed by atoms with Crippen LogP contribution in [0.15, 0.2) is 71.6 Å². The highest BCUT2D eigenvalue weighted by Gasteiger charge is 2.22. The molecule has 0 atom stereocenters. The summed E-state index contributed by atoms with van der Waals surface area (Å²) in [5.74, 6) is -0.137. The smallest absolute Gasteiger partial charge is 0.263 e. The number of rotatable bonds is 6. The average Bonchev–Trinajstić information content (AvgIpc) is 2.70. The third kappa shape index (κ3) is 5.00. The topological polar surface area (TPSA) is 84.5 Å². The summed E-state index contributed by atoms with van der Waals surface area (Å²) >= 11 is 11.9. The maximum absolute atomic E-state index is 12.9. The standard InChI is InChI=1S/C20H16Cl2N2O4S/c1-28-18-5-3-2-4-17(18)24-29(26,27)19-12-13(6-11-16(19)22)20(25)23-15-9-7-14(21)8-10-15/h2-12,24H,1H3,(H,23,25). The number of carbonyl (C=O) groups is 1. The predicted octanol–water partition coefficient (Wildman–Crippen LogP) is 5.06. The molecule has 0 saturated carbocycles. The molecule has 0 saturated heterocycles. The number of para-hydroxylation sites is 2. The van der Waals surface area contributed by atoms with Crippen LogP contribution in [0.5, 0.6) is 5.75 Å². The number of hydrogen-bond donors (Lipinski definition) is 2. The van der Waals surface area contributed by atoms with E-state index in [1.807, 2.05) is 0 Å². The number of anilines is 2. The fourth-order valence-electron chi connectivity index (χ4n) is 2.52. The molecule has 0 radical (unpaired) electrons. The lowest BCUT2D eigenvalue weighted by Gasteiger charge is -2.13. The van der Waals surface area contributed by atoms with Gasteiger partial charge in [-0.15, -0.1) is 0 Å². The van der Waals surface area contributed by atoms with Crippen LogP contribution in [0.4, 0.5) is 11.4 Å². The minimum Gasteiger partial charge on any atom is -0.495 e. The summed E-state index contributed by atoms with van der Waals surface area (Å²) in [6.45, 7) is 0. The normalized spacial score (nSPS) is 11.0. The molecule has 2 N–H and O–H groups in total. The highest BCUT2D eigenvalue weighted by atomic mass is 35.5. The lowest BCUT2D eigenvalue weighted by atomic mass is 10.2. The Balaban J connectivity index is 1.89. The monoisotopic (exact) mass is 450 g/mol. The Morgan fingerprint density at radius 2 is 1.66 bits per heavy atom. The van der Waals surface area contributed by atoms with Gasteiger partial charge in [0.15, 0.2) is 0 Å². The molecule has 0 aliphatic heterocycles. The van der Waals surface area contributed by atoms with Gasteiger partial charge in [0.1, 0.15) is 10.6 Å². The van der Waals surface area contributed by atoms with Crippen LogP contribution >= 0.6 is 23.2 Å². The molecule has 0 bridgehead atoms. The molecule has 3 rings (SSSR count). The molecule has 1 amide bonds. The van der Waals surface area contributed by atoms with Crippen molar-refractivity contribution in [2.45, 2.75) is 4.90 Å². The number of hydrogen-bond acceptors (Lipinski definition) is 4. The highest BCUT2D eigenvalue weighted by Crippen LogP contribution is 2.29. The van der Waals surface area contributed by atoms with Crippen molar-refractivity contribution in [1.29, 1.82) is 0 Å². The van der Waals surface area contributed by atoms with Crippen molar-refractivity contribution in [2.24, 2.45) is 0 Å². The minimum absolute atomic E-state index is 0.0181. The zero-order chi connectivity index (χ0) is 21.0. The number of amides is 1. The van der Waals surface area contributed by atoms with E-state index in [-0.39, 0.29) is 21.2 Å². The van der Waals surface area contributed by atoms with Crippen LogP contribution in [0, 0.1) is 0 Å². The Hall–Kier alpha value is -2.74. The molecule has 0 heterocycles. The molecular weight excluding hydrogens is 435 g/mol. The number of carbonyl (C=O) groups excluding carboxylic acids is 1. The summed E-state index contributed by atoms with van der Waals surface area (Å²) in [6, 6.07) is 17.1. The first-order valence-corrected chi connectivity index (χ1v) is 10.6. The van der Waals surface area contributed by atoms with Gasteiger partial charge < -0.3 is 10.1 Å². The molecule has 0 unspecified atom stereocenters. The van der Waals surface area contributed by atoms with Crippen molar-refractivity contribution < 1.29 is 17.9 Å². The fourth-order valence-corrected chi connectivity index (χ4v) is 4.24. The maximum atomic E-state index is 12.9. The third-order valence-electron chi connectivity index (χ3n) is 3.94. The van der Waals surface area contributed by atoms with E-state index in [9.17, 15) is 13.2 Å². The first-order chi connectivity index (χ1) is 13.8. The van der Waals surface area contributed by atoms with Gasteiger partial charge in [-0.3, -0.25) is 9.52 Å². The molecule has 0 aliphatic rings. The molecule has 3 aromatic rings. The molecule has 0 aliphatic carbocycles. The zero-order valence-electron chi connectivity index (χ0n) is 15.1. The number of methoxy groups -OCH3 is 1. The molecular formula is C20H16Cl2N2O4S. The van der Waals surface area contributed by atoms with E-state index >= 15 is 0 Å². The number of nitrogens with one attached hydrogen (secondary N) is 2. The number of ether oxygens (including phenoxy) is 1. The predicted molar refractivity (Wildman–Crippen MR) is 115 cm³/mol. The molecule has 6 nitrogen and oxygen atoms in total. The van der Waals surface area contributed by atoms with Crippen LogP contribution < -0.4 is 14.8 Å². The number of benzene rings is 3. The molecule has 150 valence electrons. The second-order valence-corrected chi connectivity index (χ2v) is 8.41. The quantitative estimate of drug-likeness (QED) is 0.549. The van der Waals surface area contributed by atoms with Crippen molar-refractivity contribution in [3.05, 3.63) is 82.3 Å². The van der Waals surface area contributed by atoms with Crippen molar-refractivity contribution in [3.63, 3.8) is 0 Å². The second kappa shape index (κ2) is 8.73. The summed E-state index contributed by atoms with van der Waals surface area (Å²) < 4.78 is 33.3. The van der Waals surface area contributed by atoms with Crippen molar-refractivity contribution in [2.75, 3.05) is 17.1 Å². The summed E-state index contributed by atoms with van der Waals surface area (Å²) in [4.78, 5) is 12.3. The van der Waals surface area contributed by atoms with E-state index in [1.165, 1.54) is 25.3 Å². The number of sulfonamides is 1. The summed E-state index contributed by atoms with van der Waals surface area (Å²) in [7, 11) is -2.64. The van der Waals surface area contributed by atoms with E-state index in [4.69, 9.17) is 27.9 Å². The second-order valence-electron chi connectivity index (χ2n) is 5.91. The van der Waals surface area contributed by atoms with Crippen molar-refractivity contribution in [1.82, 2.24) is 0 Å². The Bertz CT molecular complexity index is 1150. The number of halogens is 2. The van der Waals surface area contributed by atoms with Gasteiger partial charge in [0.2, 0.25) is 0 Å². The van der Waals surface area contributed by atoms with Crippen molar-refractivity contribution >= 4 is 50.5 Å². The first-order valence-electron chi connectivity index (χ1n) is 8.32. The summed E-state index contributed by atoms with van der Waals surface area (Å²) in [5.41, 5.74) is 0.901. The van der Waals surface area contributed by atoms with E-state index in [0.717, 1.165) is 0 Å².